The molecule has 0 saturated carbocycles. The second-order valence-corrected chi connectivity index (χ2v) is 5.43. The quantitative estimate of drug-likeness (QED) is 0.938. The van der Waals surface area contributed by atoms with Crippen LogP contribution in [0.2, 0.25) is 0 Å². The molecule has 0 radical (unpaired) electrons. The van der Waals surface area contributed by atoms with Gasteiger partial charge in [-0.25, -0.2) is 4.98 Å². The molecule has 0 spiro atoms. The Morgan fingerprint density at radius 3 is 3.20 bits per heavy atom. The van der Waals surface area contributed by atoms with Crippen LogP contribution in [0, 0.1) is 11.3 Å². The molecule has 0 unspecified atom stereocenters. The van der Waals surface area contributed by atoms with E-state index in [2.05, 4.69) is 38.4 Å². The fourth-order valence-corrected chi connectivity index (χ4v) is 2.86. The number of aromatic nitrogens is 1. The van der Waals surface area contributed by atoms with Crippen molar-refractivity contribution in [2.75, 3.05) is 11.9 Å². The Balaban J connectivity index is 1.85. The summed E-state index contributed by atoms with van der Waals surface area (Å²) < 4.78 is 6.73. The summed E-state index contributed by atoms with van der Waals surface area (Å²) in [6, 6.07) is 9.88. The van der Waals surface area contributed by atoms with Crippen molar-refractivity contribution in [2.24, 2.45) is 0 Å². The van der Waals surface area contributed by atoms with Gasteiger partial charge in [0.15, 0.2) is 5.69 Å². The lowest BCUT2D eigenvalue weighted by Gasteiger charge is -2.11. The summed E-state index contributed by atoms with van der Waals surface area (Å²) in [6.07, 6.45) is 2.56. The van der Waals surface area contributed by atoms with Crippen LogP contribution in [0.15, 0.2) is 34.9 Å². The van der Waals surface area contributed by atoms with Crippen molar-refractivity contribution < 1.29 is 4.74 Å². The average Bonchev–Trinajstić information content (AvgIpc) is 2.93. The lowest BCUT2D eigenvalue weighted by atomic mass is 10.1. The number of fused-ring (bicyclic) bond motifs is 1. The van der Waals surface area contributed by atoms with E-state index in [4.69, 9.17) is 10.00 Å². The molecule has 0 saturated heterocycles. The van der Waals surface area contributed by atoms with E-state index in [9.17, 15) is 0 Å². The molecule has 2 heterocycles. The number of benzene rings is 1. The molecular formula is C15H12BrN3O. The minimum Gasteiger partial charge on any atom is -0.493 e. The third-order valence-electron chi connectivity index (χ3n) is 3.21. The van der Waals surface area contributed by atoms with E-state index >= 15 is 0 Å². The monoisotopic (exact) mass is 329 g/mol. The Bertz CT molecular complexity index is 694. The highest BCUT2D eigenvalue weighted by molar-refractivity contribution is 9.10. The van der Waals surface area contributed by atoms with Crippen LogP contribution in [0.5, 0.6) is 5.75 Å². The Morgan fingerprint density at radius 2 is 2.35 bits per heavy atom. The highest BCUT2D eigenvalue weighted by Crippen LogP contribution is 2.33. The van der Waals surface area contributed by atoms with Crippen LogP contribution in [-0.2, 0) is 13.0 Å². The average molecular weight is 330 g/mol. The SMILES string of the molecule is N#Cc1ncccc1NCc1cc(Br)cc2c1OCC2. The summed E-state index contributed by atoms with van der Waals surface area (Å²) >= 11 is 3.52. The van der Waals surface area contributed by atoms with Crippen LogP contribution in [-0.4, -0.2) is 11.6 Å². The van der Waals surface area contributed by atoms with Crippen LogP contribution in [0.1, 0.15) is 16.8 Å². The molecule has 0 aliphatic carbocycles. The Kier molecular flexibility index (Phi) is 3.57. The summed E-state index contributed by atoms with van der Waals surface area (Å²) in [5.41, 5.74) is 3.45. The van der Waals surface area contributed by atoms with Crippen LogP contribution in [0.25, 0.3) is 0 Å². The standard InChI is InChI=1S/C15H12BrN3O/c16-12-6-10-3-5-20-15(10)11(7-12)9-19-13-2-1-4-18-14(13)8-17/h1-2,4,6-7,19H,3,5,9H2. The normalized spacial score (nSPS) is 12.4. The molecule has 1 aliphatic rings. The number of anilines is 1. The Hall–Kier alpha value is -2.06. The first kappa shape index (κ1) is 12.9. The molecule has 0 bridgehead atoms. The largest absolute Gasteiger partial charge is 0.493 e. The van der Waals surface area contributed by atoms with Crippen molar-refractivity contribution in [3.05, 3.63) is 51.8 Å². The van der Waals surface area contributed by atoms with Gasteiger partial charge in [0, 0.05) is 29.2 Å². The molecule has 1 aliphatic heterocycles. The number of nitrogens with one attached hydrogen (secondary N) is 1. The van der Waals surface area contributed by atoms with E-state index in [-0.39, 0.29) is 0 Å². The molecule has 0 fully saturated rings. The van der Waals surface area contributed by atoms with Gasteiger partial charge in [-0.1, -0.05) is 15.9 Å². The van der Waals surface area contributed by atoms with Gasteiger partial charge in [0.1, 0.15) is 11.8 Å². The third-order valence-corrected chi connectivity index (χ3v) is 3.67. The molecule has 2 aromatic rings. The number of hydrogen-bond acceptors (Lipinski definition) is 4. The van der Waals surface area contributed by atoms with E-state index in [0.717, 1.165) is 34.5 Å². The van der Waals surface area contributed by atoms with Gasteiger partial charge < -0.3 is 10.1 Å². The van der Waals surface area contributed by atoms with Gasteiger partial charge in [0.25, 0.3) is 0 Å². The van der Waals surface area contributed by atoms with Crippen molar-refractivity contribution in [1.29, 1.82) is 5.26 Å². The summed E-state index contributed by atoms with van der Waals surface area (Å²) in [5, 5.41) is 12.3. The van der Waals surface area contributed by atoms with Crippen molar-refractivity contribution in [1.82, 2.24) is 4.98 Å². The molecule has 20 heavy (non-hydrogen) atoms. The summed E-state index contributed by atoms with van der Waals surface area (Å²) in [7, 11) is 0. The highest BCUT2D eigenvalue weighted by Gasteiger charge is 2.17. The molecule has 100 valence electrons. The molecule has 1 N–H and O–H groups in total. The highest BCUT2D eigenvalue weighted by atomic mass is 79.9. The third kappa shape index (κ3) is 2.47. The number of pyridine rings is 1. The lowest BCUT2D eigenvalue weighted by molar-refractivity contribution is 0.354. The van der Waals surface area contributed by atoms with Gasteiger partial charge in [-0.15, -0.1) is 0 Å². The summed E-state index contributed by atoms with van der Waals surface area (Å²) in [6.45, 7) is 1.33. The first-order valence-corrected chi connectivity index (χ1v) is 7.10. The summed E-state index contributed by atoms with van der Waals surface area (Å²) in [5.74, 6) is 0.961. The number of nitriles is 1. The zero-order chi connectivity index (χ0) is 13.9. The second kappa shape index (κ2) is 5.51. The molecule has 1 aromatic heterocycles. The first-order chi connectivity index (χ1) is 9.78. The minimum absolute atomic E-state index is 0.403. The number of hydrogen-bond donors (Lipinski definition) is 1. The molecular weight excluding hydrogens is 318 g/mol. The number of ether oxygens (including phenoxy) is 1. The fourth-order valence-electron chi connectivity index (χ4n) is 2.30. The van der Waals surface area contributed by atoms with Crippen LogP contribution >= 0.6 is 15.9 Å². The molecule has 3 rings (SSSR count). The van der Waals surface area contributed by atoms with Gasteiger partial charge in [0.05, 0.1) is 12.3 Å². The maximum Gasteiger partial charge on any atom is 0.163 e. The van der Waals surface area contributed by atoms with Crippen LogP contribution in [0.4, 0.5) is 5.69 Å². The van der Waals surface area contributed by atoms with E-state index in [1.807, 2.05) is 18.2 Å². The van der Waals surface area contributed by atoms with Gasteiger partial charge in [-0.05, 0) is 29.8 Å². The first-order valence-electron chi connectivity index (χ1n) is 6.31. The van der Waals surface area contributed by atoms with E-state index in [1.54, 1.807) is 6.20 Å². The van der Waals surface area contributed by atoms with Gasteiger partial charge in [0.2, 0.25) is 0 Å². The number of rotatable bonds is 3. The van der Waals surface area contributed by atoms with Crippen molar-refractivity contribution in [3.8, 4) is 11.8 Å². The minimum atomic E-state index is 0.403. The maximum absolute atomic E-state index is 9.03. The Morgan fingerprint density at radius 1 is 1.45 bits per heavy atom. The smallest absolute Gasteiger partial charge is 0.163 e. The number of halogens is 1. The second-order valence-electron chi connectivity index (χ2n) is 4.52. The van der Waals surface area contributed by atoms with Gasteiger partial charge in [-0.3, -0.25) is 0 Å². The van der Waals surface area contributed by atoms with Gasteiger partial charge in [-0.2, -0.15) is 5.26 Å². The predicted molar refractivity (Wildman–Crippen MR) is 79.6 cm³/mol. The van der Waals surface area contributed by atoms with Gasteiger partial charge >= 0.3 is 0 Å². The van der Waals surface area contributed by atoms with E-state index in [1.165, 1.54) is 5.56 Å². The predicted octanol–water partition coefficient (Wildman–Crippen LogP) is 3.26. The fraction of sp³-hybridized carbons (Fsp3) is 0.200. The molecule has 1 aromatic carbocycles. The summed E-state index contributed by atoms with van der Waals surface area (Å²) in [4.78, 5) is 4.04. The lowest BCUT2D eigenvalue weighted by Crippen LogP contribution is -2.04. The van der Waals surface area contributed by atoms with Crippen LogP contribution in [0.3, 0.4) is 0 Å². The molecule has 0 amide bonds. The van der Waals surface area contributed by atoms with E-state index in [0.29, 0.717) is 12.2 Å². The van der Waals surface area contributed by atoms with Crippen LogP contribution < -0.4 is 10.1 Å². The molecule has 0 atom stereocenters. The van der Waals surface area contributed by atoms with E-state index < -0.39 is 0 Å². The van der Waals surface area contributed by atoms with Crippen molar-refractivity contribution in [2.45, 2.75) is 13.0 Å². The van der Waals surface area contributed by atoms with Crippen molar-refractivity contribution >= 4 is 21.6 Å². The molecule has 5 heteroatoms. The zero-order valence-corrected chi connectivity index (χ0v) is 12.3. The maximum atomic E-state index is 9.03. The zero-order valence-electron chi connectivity index (χ0n) is 10.7. The van der Waals surface area contributed by atoms with Crippen molar-refractivity contribution in [3.63, 3.8) is 0 Å². The molecule has 4 nitrogen and oxygen atoms in total. The Labute approximate surface area is 125 Å². The topological polar surface area (TPSA) is 57.9 Å². The number of nitrogens with zero attached hydrogens (tertiary/aromatic N) is 2.